The third-order valence-corrected chi connectivity index (χ3v) is 3.54. The molecule has 1 aliphatic heterocycles. The number of nitrogens with zero attached hydrogens (tertiary/aromatic N) is 2. The molecule has 1 heterocycles. The minimum Gasteiger partial charge on any atom is -0.492 e. The van der Waals surface area contributed by atoms with Gasteiger partial charge in [-0.25, -0.2) is 0 Å². The fourth-order valence-corrected chi connectivity index (χ4v) is 2.43. The Morgan fingerprint density at radius 3 is 2.52 bits per heavy atom. The lowest BCUT2D eigenvalue weighted by atomic mass is 10.1. The molecule has 0 radical (unpaired) electrons. The summed E-state index contributed by atoms with van der Waals surface area (Å²) in [6, 6.07) is 4.89. The molecular formula is C15H17F3N2O. The summed E-state index contributed by atoms with van der Waals surface area (Å²) in [6.07, 6.45) is -0.906. The first kappa shape index (κ1) is 15.6. The average molecular weight is 298 g/mol. The van der Waals surface area contributed by atoms with Crippen LogP contribution in [0.3, 0.4) is 0 Å². The molecule has 1 aromatic carbocycles. The van der Waals surface area contributed by atoms with Crippen LogP contribution in [-0.4, -0.2) is 31.1 Å². The second-order valence-corrected chi connectivity index (χ2v) is 5.07. The van der Waals surface area contributed by atoms with Crippen LogP contribution in [-0.2, 0) is 6.18 Å². The van der Waals surface area contributed by atoms with Crippen molar-refractivity contribution in [2.75, 3.05) is 26.2 Å². The zero-order valence-electron chi connectivity index (χ0n) is 11.6. The van der Waals surface area contributed by atoms with Crippen molar-refractivity contribution < 1.29 is 17.9 Å². The number of alkyl halides is 3. The maximum absolute atomic E-state index is 12.7. The fourth-order valence-electron chi connectivity index (χ4n) is 2.43. The summed E-state index contributed by atoms with van der Waals surface area (Å²) in [7, 11) is 0. The molecule has 21 heavy (non-hydrogen) atoms. The number of hydrogen-bond acceptors (Lipinski definition) is 3. The minimum atomic E-state index is -4.52. The van der Waals surface area contributed by atoms with Crippen LogP contribution in [0.25, 0.3) is 0 Å². The van der Waals surface area contributed by atoms with Crippen molar-refractivity contribution >= 4 is 0 Å². The summed E-state index contributed by atoms with van der Waals surface area (Å²) in [5, 5.41) is 8.82. The van der Waals surface area contributed by atoms with Gasteiger partial charge in [0.15, 0.2) is 0 Å². The number of hydrogen-bond donors (Lipinski definition) is 0. The smallest absolute Gasteiger partial charge is 0.417 e. The van der Waals surface area contributed by atoms with E-state index < -0.39 is 17.3 Å². The number of rotatable bonds is 4. The monoisotopic (exact) mass is 298 g/mol. The van der Waals surface area contributed by atoms with Crippen LogP contribution in [0.5, 0.6) is 5.75 Å². The first-order valence-corrected chi connectivity index (χ1v) is 6.97. The second kappa shape index (κ2) is 6.81. The predicted molar refractivity (Wildman–Crippen MR) is 71.9 cm³/mol. The Hall–Kier alpha value is -1.74. The number of piperidine rings is 1. The van der Waals surface area contributed by atoms with Crippen LogP contribution >= 0.6 is 0 Å². The number of ether oxygens (including phenoxy) is 1. The number of likely N-dealkylation sites (tertiary alicyclic amines) is 1. The lowest BCUT2D eigenvalue weighted by Gasteiger charge is -2.26. The van der Waals surface area contributed by atoms with E-state index in [2.05, 4.69) is 4.90 Å². The summed E-state index contributed by atoms with van der Waals surface area (Å²) in [6.45, 7) is 3.25. The van der Waals surface area contributed by atoms with E-state index in [0.29, 0.717) is 12.4 Å². The summed E-state index contributed by atoms with van der Waals surface area (Å²) >= 11 is 0. The summed E-state index contributed by atoms with van der Waals surface area (Å²) in [4.78, 5) is 2.28. The first-order valence-electron chi connectivity index (χ1n) is 6.97. The molecule has 0 atom stereocenters. The predicted octanol–water partition coefficient (Wildman–Crippen LogP) is 3.44. The molecular weight excluding hydrogens is 281 g/mol. The van der Waals surface area contributed by atoms with Gasteiger partial charge in [-0.1, -0.05) is 6.42 Å². The van der Waals surface area contributed by atoms with Crippen LogP contribution < -0.4 is 4.74 Å². The molecule has 0 aromatic heterocycles. The van der Waals surface area contributed by atoms with Crippen LogP contribution in [0.4, 0.5) is 13.2 Å². The van der Waals surface area contributed by atoms with Crippen molar-refractivity contribution in [2.24, 2.45) is 0 Å². The molecule has 0 unspecified atom stereocenters. The molecule has 6 heteroatoms. The van der Waals surface area contributed by atoms with Gasteiger partial charge in [0.25, 0.3) is 0 Å². The topological polar surface area (TPSA) is 36.3 Å². The minimum absolute atomic E-state index is 0.302. The van der Waals surface area contributed by atoms with Crippen molar-refractivity contribution in [3.8, 4) is 11.8 Å². The highest BCUT2D eigenvalue weighted by Crippen LogP contribution is 2.33. The lowest BCUT2D eigenvalue weighted by molar-refractivity contribution is -0.137. The molecule has 0 saturated carbocycles. The summed E-state index contributed by atoms with van der Waals surface area (Å²) in [5.41, 5.74) is -1.33. The average Bonchev–Trinajstić information content (AvgIpc) is 2.47. The van der Waals surface area contributed by atoms with Gasteiger partial charge in [0.2, 0.25) is 0 Å². The lowest BCUT2D eigenvalue weighted by Crippen LogP contribution is -2.33. The third-order valence-electron chi connectivity index (χ3n) is 3.54. The number of halogens is 3. The van der Waals surface area contributed by atoms with E-state index in [0.717, 1.165) is 31.8 Å². The maximum atomic E-state index is 12.7. The summed E-state index contributed by atoms with van der Waals surface area (Å²) in [5.74, 6) is 0.302. The van der Waals surface area contributed by atoms with Crippen LogP contribution in [0.15, 0.2) is 18.2 Å². The normalized spacial score (nSPS) is 16.5. The van der Waals surface area contributed by atoms with Crippen molar-refractivity contribution in [1.29, 1.82) is 5.26 Å². The van der Waals surface area contributed by atoms with E-state index in [1.54, 1.807) is 6.07 Å². The standard InChI is InChI=1S/C15H17F3N2O/c16-15(17,18)14-5-4-13(10-12(14)11-19)21-9-8-20-6-2-1-3-7-20/h4-5,10H,1-3,6-9H2. The summed E-state index contributed by atoms with van der Waals surface area (Å²) < 4.78 is 43.4. The van der Waals surface area contributed by atoms with Crippen molar-refractivity contribution in [1.82, 2.24) is 4.90 Å². The molecule has 0 spiro atoms. The Balaban J connectivity index is 1.93. The van der Waals surface area contributed by atoms with Gasteiger partial charge in [0.1, 0.15) is 12.4 Å². The van der Waals surface area contributed by atoms with Crippen LogP contribution in [0, 0.1) is 11.3 Å². The van der Waals surface area contributed by atoms with E-state index >= 15 is 0 Å². The van der Waals surface area contributed by atoms with Crippen LogP contribution in [0.1, 0.15) is 30.4 Å². The van der Waals surface area contributed by atoms with Gasteiger partial charge in [0.05, 0.1) is 17.2 Å². The Morgan fingerprint density at radius 2 is 1.90 bits per heavy atom. The third kappa shape index (κ3) is 4.36. The molecule has 3 nitrogen and oxygen atoms in total. The highest BCUT2D eigenvalue weighted by Gasteiger charge is 2.33. The SMILES string of the molecule is N#Cc1cc(OCCN2CCCCC2)ccc1C(F)(F)F. The molecule has 0 aliphatic carbocycles. The molecule has 0 bridgehead atoms. The Bertz CT molecular complexity index is 517. The van der Waals surface area contributed by atoms with Crippen molar-refractivity contribution in [3.63, 3.8) is 0 Å². The molecule has 0 N–H and O–H groups in total. The van der Waals surface area contributed by atoms with Crippen LogP contribution in [0.2, 0.25) is 0 Å². The Labute approximate surface area is 121 Å². The van der Waals surface area contributed by atoms with E-state index in [1.165, 1.54) is 25.3 Å². The van der Waals surface area contributed by atoms with E-state index in [4.69, 9.17) is 10.00 Å². The molecule has 1 fully saturated rings. The molecule has 1 saturated heterocycles. The zero-order valence-corrected chi connectivity index (χ0v) is 11.6. The highest BCUT2D eigenvalue weighted by molar-refractivity contribution is 5.44. The molecule has 1 aromatic rings. The van der Waals surface area contributed by atoms with Gasteiger partial charge in [-0.15, -0.1) is 0 Å². The van der Waals surface area contributed by atoms with Gasteiger partial charge in [-0.3, -0.25) is 4.90 Å². The fraction of sp³-hybridized carbons (Fsp3) is 0.533. The molecule has 2 rings (SSSR count). The van der Waals surface area contributed by atoms with E-state index in [1.807, 2.05) is 0 Å². The Kier molecular flexibility index (Phi) is 5.07. The molecule has 114 valence electrons. The quantitative estimate of drug-likeness (QED) is 0.854. The Morgan fingerprint density at radius 1 is 1.19 bits per heavy atom. The van der Waals surface area contributed by atoms with Crippen molar-refractivity contribution in [2.45, 2.75) is 25.4 Å². The van der Waals surface area contributed by atoms with Gasteiger partial charge < -0.3 is 4.74 Å². The van der Waals surface area contributed by atoms with E-state index in [-0.39, 0.29) is 0 Å². The van der Waals surface area contributed by atoms with E-state index in [9.17, 15) is 13.2 Å². The first-order chi connectivity index (χ1) is 10.0. The number of nitriles is 1. The largest absolute Gasteiger partial charge is 0.492 e. The van der Waals surface area contributed by atoms with Crippen molar-refractivity contribution in [3.05, 3.63) is 29.3 Å². The highest BCUT2D eigenvalue weighted by atomic mass is 19.4. The van der Waals surface area contributed by atoms with Gasteiger partial charge in [-0.2, -0.15) is 18.4 Å². The zero-order chi connectivity index (χ0) is 15.3. The molecule has 0 amide bonds. The van der Waals surface area contributed by atoms with Gasteiger partial charge >= 0.3 is 6.18 Å². The number of benzene rings is 1. The second-order valence-electron chi connectivity index (χ2n) is 5.07. The van der Waals surface area contributed by atoms with Gasteiger partial charge in [-0.05, 0) is 44.1 Å². The van der Waals surface area contributed by atoms with Gasteiger partial charge in [0, 0.05) is 6.54 Å². The molecule has 1 aliphatic rings. The maximum Gasteiger partial charge on any atom is 0.417 e.